The van der Waals surface area contributed by atoms with Gasteiger partial charge in [-0.3, -0.25) is 10.1 Å². The maximum Gasteiger partial charge on any atom is 0.333 e. The van der Waals surface area contributed by atoms with Gasteiger partial charge in [-0.1, -0.05) is 0 Å². The number of rotatable bonds is 3. The molecule has 0 bridgehead atoms. The summed E-state index contributed by atoms with van der Waals surface area (Å²) >= 11 is 0. The Morgan fingerprint density at radius 2 is 2.30 bits per heavy atom. The maximum atomic E-state index is 13.6. The highest BCUT2D eigenvalue weighted by Crippen LogP contribution is 2.37. The van der Waals surface area contributed by atoms with Crippen LogP contribution in [0.3, 0.4) is 0 Å². The molecule has 0 radical (unpaired) electrons. The Hall–Kier alpha value is -2.64. The molecule has 23 heavy (non-hydrogen) atoms. The van der Waals surface area contributed by atoms with Crippen LogP contribution in [0.25, 0.3) is 0 Å². The molecule has 0 saturated carbocycles. The molecule has 1 aliphatic heterocycles. The van der Waals surface area contributed by atoms with E-state index in [2.05, 4.69) is 10.4 Å². The minimum absolute atomic E-state index is 0.0596. The predicted octanol–water partition coefficient (Wildman–Crippen LogP) is 3.10. The fourth-order valence-corrected chi connectivity index (χ4v) is 2.89. The summed E-state index contributed by atoms with van der Waals surface area (Å²) in [6.07, 6.45) is 1.44. The highest BCUT2D eigenvalue weighted by molar-refractivity contribution is 5.61. The number of halogens is 1. The van der Waals surface area contributed by atoms with Crippen molar-refractivity contribution in [2.24, 2.45) is 7.05 Å². The van der Waals surface area contributed by atoms with Crippen LogP contribution in [-0.2, 0) is 7.05 Å². The average Bonchev–Trinajstić information content (AvgIpc) is 2.66. The van der Waals surface area contributed by atoms with Gasteiger partial charge in [0.05, 0.1) is 17.6 Å². The summed E-state index contributed by atoms with van der Waals surface area (Å²) in [4.78, 5) is 10.8. The van der Waals surface area contributed by atoms with Crippen LogP contribution in [0, 0.1) is 22.9 Å². The molecule has 2 heterocycles. The van der Waals surface area contributed by atoms with Crippen molar-refractivity contribution in [3.63, 3.8) is 0 Å². The summed E-state index contributed by atoms with van der Waals surface area (Å²) in [5.41, 5.74) is 0.940. The van der Waals surface area contributed by atoms with E-state index in [-0.39, 0.29) is 17.5 Å². The Morgan fingerprint density at radius 1 is 1.52 bits per heavy atom. The van der Waals surface area contributed by atoms with Gasteiger partial charge < -0.3 is 10.1 Å². The van der Waals surface area contributed by atoms with E-state index in [0.717, 1.165) is 6.42 Å². The van der Waals surface area contributed by atoms with Crippen LogP contribution >= 0.6 is 0 Å². The normalized spacial score (nSPS) is 17.1. The van der Waals surface area contributed by atoms with Crippen LogP contribution in [0.4, 0.5) is 15.9 Å². The van der Waals surface area contributed by atoms with Crippen molar-refractivity contribution in [3.8, 4) is 5.75 Å². The second kappa shape index (κ2) is 5.86. The highest BCUT2D eigenvalue weighted by Gasteiger charge is 2.28. The molecule has 0 amide bonds. The topological polar surface area (TPSA) is 82.2 Å². The Morgan fingerprint density at radius 3 is 3.04 bits per heavy atom. The Labute approximate surface area is 132 Å². The maximum absolute atomic E-state index is 13.6. The van der Waals surface area contributed by atoms with Crippen LogP contribution in [0.2, 0.25) is 0 Å². The molecule has 1 aliphatic rings. The van der Waals surface area contributed by atoms with Gasteiger partial charge in [-0.25, -0.2) is 9.07 Å². The Balaban J connectivity index is 2.01. The van der Waals surface area contributed by atoms with E-state index in [4.69, 9.17) is 4.74 Å². The molecule has 0 fully saturated rings. The molecular formula is C15H17FN4O3. The number of nitrogens with one attached hydrogen (secondary N) is 1. The first-order valence-electron chi connectivity index (χ1n) is 7.34. The zero-order chi connectivity index (χ0) is 16.6. The van der Waals surface area contributed by atoms with Gasteiger partial charge in [0.2, 0.25) is 5.82 Å². The lowest BCUT2D eigenvalue weighted by Gasteiger charge is -2.19. The third kappa shape index (κ3) is 2.84. The van der Waals surface area contributed by atoms with Gasteiger partial charge in [0.1, 0.15) is 17.3 Å². The molecule has 0 saturated heterocycles. The number of hydrogen-bond acceptors (Lipinski definition) is 5. The zero-order valence-corrected chi connectivity index (χ0v) is 12.9. The van der Waals surface area contributed by atoms with Gasteiger partial charge in [-0.15, -0.1) is 0 Å². The lowest BCUT2D eigenvalue weighted by molar-refractivity contribution is -0.384. The summed E-state index contributed by atoms with van der Waals surface area (Å²) in [6, 6.07) is 4.07. The average molecular weight is 320 g/mol. The largest absolute Gasteiger partial charge is 0.493 e. The van der Waals surface area contributed by atoms with Crippen LogP contribution < -0.4 is 10.1 Å². The van der Waals surface area contributed by atoms with Gasteiger partial charge in [0, 0.05) is 12.6 Å². The molecule has 1 aromatic carbocycles. The van der Waals surface area contributed by atoms with E-state index in [1.807, 2.05) is 0 Å². The van der Waals surface area contributed by atoms with Crippen molar-refractivity contribution < 1.29 is 14.1 Å². The highest BCUT2D eigenvalue weighted by atomic mass is 19.1. The summed E-state index contributed by atoms with van der Waals surface area (Å²) in [6.45, 7) is 2.12. The predicted molar refractivity (Wildman–Crippen MR) is 82.1 cm³/mol. The first kappa shape index (κ1) is 15.3. The van der Waals surface area contributed by atoms with Gasteiger partial charge in [0.25, 0.3) is 0 Å². The molecule has 122 valence electrons. The molecule has 1 aromatic heterocycles. The molecule has 8 heteroatoms. The van der Waals surface area contributed by atoms with Crippen molar-refractivity contribution in [1.29, 1.82) is 0 Å². The molecule has 7 nitrogen and oxygen atoms in total. The molecule has 0 aliphatic carbocycles. The van der Waals surface area contributed by atoms with Gasteiger partial charge >= 0.3 is 5.69 Å². The number of nitro groups is 1. The molecule has 1 atom stereocenters. The number of aryl methyl sites for hydroxylation is 2. The van der Waals surface area contributed by atoms with Crippen molar-refractivity contribution in [1.82, 2.24) is 9.78 Å². The van der Waals surface area contributed by atoms with E-state index >= 15 is 0 Å². The van der Waals surface area contributed by atoms with Crippen LogP contribution in [0.15, 0.2) is 18.2 Å². The number of anilines is 1. The number of benzene rings is 1. The quantitative estimate of drug-likeness (QED) is 0.694. The van der Waals surface area contributed by atoms with Gasteiger partial charge in [-0.2, -0.15) is 5.10 Å². The monoisotopic (exact) mass is 320 g/mol. The van der Waals surface area contributed by atoms with Crippen LogP contribution in [-0.4, -0.2) is 21.3 Å². The minimum Gasteiger partial charge on any atom is -0.493 e. The number of hydrogen-bond donors (Lipinski definition) is 1. The van der Waals surface area contributed by atoms with Crippen molar-refractivity contribution in [2.75, 3.05) is 11.9 Å². The third-order valence-electron chi connectivity index (χ3n) is 3.93. The summed E-state index contributed by atoms with van der Waals surface area (Å²) in [5, 5.41) is 18.6. The summed E-state index contributed by atoms with van der Waals surface area (Å²) < 4.78 is 20.7. The first-order chi connectivity index (χ1) is 11.0. The molecule has 0 spiro atoms. The SMILES string of the molecule is Cc1nn(C)c(NC2CCCOc3ccc(F)cc32)c1[N+](=O)[O-]. The van der Waals surface area contributed by atoms with Crippen LogP contribution in [0.5, 0.6) is 5.75 Å². The molecule has 1 unspecified atom stereocenters. The second-order valence-corrected chi connectivity index (χ2v) is 5.53. The lowest BCUT2D eigenvalue weighted by Crippen LogP contribution is -2.14. The third-order valence-corrected chi connectivity index (χ3v) is 3.93. The van der Waals surface area contributed by atoms with Crippen molar-refractivity contribution >= 4 is 11.5 Å². The minimum atomic E-state index is -0.454. The molecular weight excluding hydrogens is 303 g/mol. The van der Waals surface area contributed by atoms with E-state index in [1.54, 1.807) is 20.0 Å². The standard InChI is InChI=1S/C15H17FN4O3/c1-9-14(20(21)22)15(19(2)18-9)17-12-4-3-7-23-13-6-5-10(16)8-11(12)13/h5-6,8,12,17H,3-4,7H2,1-2H3. The summed E-state index contributed by atoms with van der Waals surface area (Å²) in [7, 11) is 1.64. The summed E-state index contributed by atoms with van der Waals surface area (Å²) in [5.74, 6) is 0.550. The van der Waals surface area contributed by atoms with E-state index in [1.165, 1.54) is 16.8 Å². The number of nitrogens with zero attached hydrogens (tertiary/aromatic N) is 3. The van der Waals surface area contributed by atoms with Gasteiger partial charge in [-0.05, 0) is 38.0 Å². The zero-order valence-electron chi connectivity index (χ0n) is 12.9. The number of fused-ring (bicyclic) bond motifs is 1. The second-order valence-electron chi connectivity index (χ2n) is 5.53. The van der Waals surface area contributed by atoms with Crippen LogP contribution in [0.1, 0.15) is 30.1 Å². The van der Waals surface area contributed by atoms with E-state index < -0.39 is 4.92 Å². The molecule has 1 N–H and O–H groups in total. The Bertz CT molecular complexity index is 759. The first-order valence-corrected chi connectivity index (χ1v) is 7.34. The lowest BCUT2D eigenvalue weighted by atomic mass is 10.0. The number of ether oxygens (including phenoxy) is 1. The number of aromatic nitrogens is 2. The molecule has 3 rings (SSSR count). The van der Waals surface area contributed by atoms with E-state index in [9.17, 15) is 14.5 Å². The smallest absolute Gasteiger partial charge is 0.333 e. The van der Waals surface area contributed by atoms with Crippen molar-refractivity contribution in [3.05, 3.63) is 45.4 Å². The molecule has 2 aromatic rings. The van der Waals surface area contributed by atoms with Gasteiger partial charge in [0.15, 0.2) is 0 Å². The fourth-order valence-electron chi connectivity index (χ4n) is 2.89. The fraction of sp³-hybridized carbons (Fsp3) is 0.400. The van der Waals surface area contributed by atoms with E-state index in [0.29, 0.717) is 35.9 Å². The Kier molecular flexibility index (Phi) is 3.89. The van der Waals surface area contributed by atoms with Crippen molar-refractivity contribution in [2.45, 2.75) is 25.8 Å².